The monoisotopic (exact) mass is 381 g/mol. The van der Waals surface area contributed by atoms with E-state index in [-0.39, 0.29) is 11.8 Å². The van der Waals surface area contributed by atoms with E-state index in [0.717, 1.165) is 26.4 Å². The van der Waals surface area contributed by atoms with Crippen molar-refractivity contribution in [2.24, 2.45) is 0 Å². The van der Waals surface area contributed by atoms with Gasteiger partial charge in [0.1, 0.15) is 0 Å². The fourth-order valence-electron chi connectivity index (χ4n) is 3.63. The molecule has 7 heteroatoms. The predicted molar refractivity (Wildman–Crippen MR) is 105 cm³/mol. The first kappa shape index (κ1) is 15.8. The molecule has 3 aromatic rings. The van der Waals surface area contributed by atoms with Crippen LogP contribution < -0.4 is 10.2 Å². The number of aryl methyl sites for hydroxylation is 1. The number of aromatic nitrogens is 1. The van der Waals surface area contributed by atoms with Crippen molar-refractivity contribution in [3.05, 3.63) is 48.0 Å². The fraction of sp³-hybridized carbons (Fsp3) is 0.211. The maximum absolute atomic E-state index is 13.2. The summed E-state index contributed by atoms with van der Waals surface area (Å²) in [5.41, 5.74) is 2.82. The highest BCUT2D eigenvalue weighted by molar-refractivity contribution is 8.02. The second-order valence-electron chi connectivity index (χ2n) is 6.48. The molecule has 0 bridgehead atoms. The molecule has 2 amide bonds. The van der Waals surface area contributed by atoms with Crippen molar-refractivity contribution in [1.82, 2.24) is 4.98 Å². The standard InChI is InChI=1S/C19H15N3O2S2/c1-11-5-4-8-14-16(11)20-18(25-14)21-17(24)19-10-9-15(23)22(19)12-6-2-3-7-13(12)26-19/h2-8H,9-10H2,1H3,(H,20,21,24)/t19-/m0/s1. The zero-order valence-corrected chi connectivity index (χ0v) is 15.6. The van der Waals surface area contributed by atoms with E-state index < -0.39 is 4.87 Å². The Kier molecular flexibility index (Phi) is 3.39. The molecule has 0 radical (unpaired) electrons. The number of thiazole rings is 1. The maximum atomic E-state index is 13.2. The molecule has 5 nitrogen and oxygen atoms in total. The third-order valence-corrected chi connectivity index (χ3v) is 7.28. The van der Waals surface area contributed by atoms with E-state index in [4.69, 9.17) is 0 Å². The van der Waals surface area contributed by atoms with Gasteiger partial charge in [-0.1, -0.05) is 47.4 Å². The average molecular weight is 381 g/mol. The quantitative estimate of drug-likeness (QED) is 0.724. The molecule has 1 aromatic heterocycles. The third-order valence-electron chi connectivity index (χ3n) is 4.87. The summed E-state index contributed by atoms with van der Waals surface area (Å²) in [6.07, 6.45) is 0.884. The van der Waals surface area contributed by atoms with E-state index >= 15 is 0 Å². The van der Waals surface area contributed by atoms with Gasteiger partial charge in [-0.15, -0.1) is 0 Å². The number of nitrogens with one attached hydrogen (secondary N) is 1. The molecule has 0 saturated carbocycles. The number of carbonyl (C=O) groups is 2. The van der Waals surface area contributed by atoms with Crippen molar-refractivity contribution >= 4 is 55.9 Å². The summed E-state index contributed by atoms with van der Waals surface area (Å²) in [6.45, 7) is 2.01. The van der Waals surface area contributed by atoms with Gasteiger partial charge >= 0.3 is 0 Å². The van der Waals surface area contributed by atoms with Crippen LogP contribution in [0.15, 0.2) is 47.4 Å². The van der Waals surface area contributed by atoms with Crippen LogP contribution in [0.2, 0.25) is 0 Å². The molecule has 1 N–H and O–H groups in total. The second-order valence-corrected chi connectivity index (χ2v) is 8.83. The van der Waals surface area contributed by atoms with Crippen LogP contribution in [0.3, 0.4) is 0 Å². The predicted octanol–water partition coefficient (Wildman–Crippen LogP) is 4.17. The van der Waals surface area contributed by atoms with Gasteiger partial charge < -0.3 is 0 Å². The number of thioether (sulfide) groups is 1. The van der Waals surface area contributed by atoms with Crippen LogP contribution in [0, 0.1) is 6.92 Å². The summed E-state index contributed by atoms with van der Waals surface area (Å²) in [5.74, 6) is -0.181. The van der Waals surface area contributed by atoms with Crippen molar-refractivity contribution in [3.8, 4) is 0 Å². The number of hydrogen-bond donors (Lipinski definition) is 1. The van der Waals surface area contributed by atoms with Crippen molar-refractivity contribution in [2.75, 3.05) is 10.2 Å². The van der Waals surface area contributed by atoms with Crippen LogP contribution in [0.5, 0.6) is 0 Å². The lowest BCUT2D eigenvalue weighted by atomic mass is 10.2. The highest BCUT2D eigenvalue weighted by atomic mass is 32.2. The summed E-state index contributed by atoms with van der Waals surface area (Å²) in [6, 6.07) is 13.7. The molecule has 2 aliphatic heterocycles. The van der Waals surface area contributed by atoms with Crippen LogP contribution in [0.25, 0.3) is 10.2 Å². The summed E-state index contributed by atoms with van der Waals surface area (Å²) in [7, 11) is 0. The Hall–Kier alpha value is -2.38. The molecule has 2 aromatic carbocycles. The number of hydrogen-bond acceptors (Lipinski definition) is 5. The van der Waals surface area contributed by atoms with E-state index in [1.54, 1.807) is 4.90 Å². The minimum absolute atomic E-state index is 0.00209. The molecule has 1 fully saturated rings. The minimum atomic E-state index is -0.909. The Morgan fingerprint density at radius 3 is 2.92 bits per heavy atom. The van der Waals surface area contributed by atoms with Gasteiger partial charge in [0.25, 0.3) is 5.91 Å². The normalized spacial score (nSPS) is 21.1. The summed E-state index contributed by atoms with van der Waals surface area (Å²) >= 11 is 2.92. The Labute approximate surface area is 158 Å². The first-order valence-electron chi connectivity index (χ1n) is 8.37. The van der Waals surface area contributed by atoms with Crippen molar-refractivity contribution < 1.29 is 9.59 Å². The van der Waals surface area contributed by atoms with Crippen molar-refractivity contribution in [1.29, 1.82) is 0 Å². The molecular weight excluding hydrogens is 366 g/mol. The van der Waals surface area contributed by atoms with Crippen LogP contribution in [-0.4, -0.2) is 21.7 Å². The van der Waals surface area contributed by atoms with Gasteiger partial charge in [0.05, 0.1) is 15.9 Å². The molecule has 5 rings (SSSR count). The fourth-order valence-corrected chi connectivity index (χ4v) is 5.99. The van der Waals surface area contributed by atoms with E-state index in [9.17, 15) is 9.59 Å². The minimum Gasteiger partial charge on any atom is -0.299 e. The Bertz CT molecular complexity index is 1080. The number of nitrogens with zero attached hydrogens (tertiary/aromatic N) is 2. The largest absolute Gasteiger partial charge is 0.299 e. The molecule has 130 valence electrons. The van der Waals surface area contributed by atoms with Crippen molar-refractivity contribution in [3.63, 3.8) is 0 Å². The molecule has 3 heterocycles. The average Bonchev–Trinajstić information content (AvgIpc) is 3.28. The zero-order chi connectivity index (χ0) is 17.9. The maximum Gasteiger partial charge on any atom is 0.263 e. The third kappa shape index (κ3) is 2.13. The van der Waals surface area contributed by atoms with E-state index in [0.29, 0.717) is 18.0 Å². The number of carbonyl (C=O) groups excluding carboxylic acids is 2. The van der Waals surface area contributed by atoms with E-state index in [1.807, 2.05) is 49.4 Å². The molecule has 0 unspecified atom stereocenters. The molecule has 1 atom stereocenters. The summed E-state index contributed by atoms with van der Waals surface area (Å²) in [4.78, 5) is 32.0. The number of benzene rings is 2. The molecule has 1 saturated heterocycles. The summed E-state index contributed by atoms with van der Waals surface area (Å²) < 4.78 is 1.04. The van der Waals surface area contributed by atoms with Crippen LogP contribution in [0.1, 0.15) is 18.4 Å². The molecule has 0 spiro atoms. The van der Waals surface area contributed by atoms with Crippen LogP contribution in [0.4, 0.5) is 10.8 Å². The van der Waals surface area contributed by atoms with Gasteiger partial charge in [-0.05, 0) is 37.1 Å². The smallest absolute Gasteiger partial charge is 0.263 e. The Balaban J connectivity index is 1.51. The second kappa shape index (κ2) is 5.56. The number of anilines is 2. The molecule has 2 aliphatic rings. The molecule has 26 heavy (non-hydrogen) atoms. The highest BCUT2D eigenvalue weighted by Gasteiger charge is 2.57. The van der Waals surface area contributed by atoms with Gasteiger partial charge in [-0.2, -0.15) is 0 Å². The summed E-state index contributed by atoms with van der Waals surface area (Å²) in [5, 5.41) is 3.55. The number of para-hydroxylation sites is 2. The lowest BCUT2D eigenvalue weighted by Crippen LogP contribution is -2.49. The zero-order valence-electron chi connectivity index (χ0n) is 14.0. The SMILES string of the molecule is Cc1cccc2sc(NC(=O)[C@@]34CCC(=O)N3c3ccccc3S4)nc12. The number of amides is 2. The Morgan fingerprint density at radius 1 is 1.23 bits per heavy atom. The van der Waals surface area contributed by atoms with Gasteiger partial charge in [0.2, 0.25) is 5.91 Å². The van der Waals surface area contributed by atoms with Crippen LogP contribution in [-0.2, 0) is 9.59 Å². The highest BCUT2D eigenvalue weighted by Crippen LogP contribution is 2.56. The topological polar surface area (TPSA) is 62.3 Å². The van der Waals surface area contributed by atoms with E-state index in [1.165, 1.54) is 23.1 Å². The lowest BCUT2D eigenvalue weighted by Gasteiger charge is -2.29. The van der Waals surface area contributed by atoms with Crippen molar-refractivity contribution in [2.45, 2.75) is 29.5 Å². The molecule has 0 aliphatic carbocycles. The lowest BCUT2D eigenvalue weighted by molar-refractivity contribution is -0.121. The van der Waals surface area contributed by atoms with Crippen LogP contribution >= 0.6 is 23.1 Å². The van der Waals surface area contributed by atoms with Gasteiger partial charge in [0, 0.05) is 11.3 Å². The first-order chi connectivity index (χ1) is 12.6. The van der Waals surface area contributed by atoms with Gasteiger partial charge in [-0.3, -0.25) is 19.8 Å². The number of fused-ring (bicyclic) bond motifs is 4. The first-order valence-corrected chi connectivity index (χ1v) is 10.0. The van der Waals surface area contributed by atoms with Gasteiger partial charge in [-0.25, -0.2) is 4.98 Å². The van der Waals surface area contributed by atoms with Gasteiger partial charge in [0.15, 0.2) is 10.0 Å². The Morgan fingerprint density at radius 2 is 2.08 bits per heavy atom. The molecular formula is C19H15N3O2S2. The number of rotatable bonds is 2. The van der Waals surface area contributed by atoms with E-state index in [2.05, 4.69) is 10.3 Å².